The fourth-order valence-corrected chi connectivity index (χ4v) is 1.48. The molecule has 0 saturated heterocycles. The molecule has 1 aromatic rings. The normalized spacial score (nSPS) is 11.2. The monoisotopic (exact) mass is 237 g/mol. The number of halogens is 2. The number of thioether (sulfide) groups is 1. The summed E-state index contributed by atoms with van der Waals surface area (Å²) in [5, 5.41) is 11.4. The molecule has 0 spiro atoms. The number of alkyl halides is 2. The number of rotatable bonds is 7. The van der Waals surface area contributed by atoms with E-state index < -0.39 is 5.76 Å². The van der Waals surface area contributed by atoms with E-state index in [4.69, 9.17) is 9.52 Å². The Hall–Kier alpha value is -0.590. The largest absolute Gasteiger partial charge is 0.464 e. The number of nitrogens with one attached hydrogen (secondary N) is 1. The smallest absolute Gasteiger partial charge is 0.284 e. The van der Waals surface area contributed by atoms with Crippen molar-refractivity contribution in [1.29, 1.82) is 0 Å². The van der Waals surface area contributed by atoms with Gasteiger partial charge in [0.2, 0.25) is 0 Å². The van der Waals surface area contributed by atoms with E-state index >= 15 is 0 Å². The van der Waals surface area contributed by atoms with E-state index in [1.807, 2.05) is 0 Å². The van der Waals surface area contributed by atoms with E-state index in [-0.39, 0.29) is 12.4 Å². The summed E-state index contributed by atoms with van der Waals surface area (Å²) >= 11 is 0.539. The highest BCUT2D eigenvalue weighted by atomic mass is 32.2. The fraction of sp³-hybridized carbons (Fsp3) is 0.556. The molecular formula is C9H13F2NO2S. The van der Waals surface area contributed by atoms with Gasteiger partial charge in [-0.2, -0.15) is 8.78 Å². The zero-order valence-corrected chi connectivity index (χ0v) is 8.90. The third-order valence-electron chi connectivity index (χ3n) is 1.66. The van der Waals surface area contributed by atoms with Gasteiger partial charge in [0, 0.05) is 6.54 Å². The summed E-state index contributed by atoms with van der Waals surface area (Å²) in [4.78, 5) is 0. The van der Waals surface area contributed by atoms with Gasteiger partial charge in [0.25, 0.3) is 5.76 Å². The molecule has 0 fully saturated rings. The summed E-state index contributed by atoms with van der Waals surface area (Å²) in [7, 11) is 0. The van der Waals surface area contributed by atoms with Crippen LogP contribution in [0.25, 0.3) is 0 Å². The minimum atomic E-state index is -2.37. The molecule has 0 aliphatic heterocycles. The summed E-state index contributed by atoms with van der Waals surface area (Å²) in [6.07, 6.45) is 0. The zero-order chi connectivity index (χ0) is 11.1. The van der Waals surface area contributed by atoms with Gasteiger partial charge in [-0.3, -0.25) is 0 Å². The minimum absolute atomic E-state index is 0.0643. The van der Waals surface area contributed by atoms with Crippen molar-refractivity contribution in [3.63, 3.8) is 0 Å². The molecule has 0 amide bonds. The van der Waals surface area contributed by atoms with Gasteiger partial charge in [0.15, 0.2) is 0 Å². The quantitative estimate of drug-likeness (QED) is 0.710. The Morgan fingerprint density at radius 2 is 2.13 bits per heavy atom. The van der Waals surface area contributed by atoms with E-state index in [1.54, 1.807) is 12.1 Å². The number of aliphatic hydroxyl groups is 1. The lowest BCUT2D eigenvalue weighted by Crippen LogP contribution is -2.16. The van der Waals surface area contributed by atoms with Crippen LogP contribution in [0, 0.1) is 0 Å². The van der Waals surface area contributed by atoms with Crippen LogP contribution in [0.5, 0.6) is 0 Å². The van der Waals surface area contributed by atoms with Gasteiger partial charge in [0.1, 0.15) is 11.5 Å². The van der Waals surface area contributed by atoms with Crippen LogP contribution in [0.1, 0.15) is 11.5 Å². The summed E-state index contributed by atoms with van der Waals surface area (Å²) in [6.45, 7) is 1.05. The molecule has 0 aliphatic carbocycles. The average molecular weight is 237 g/mol. The van der Waals surface area contributed by atoms with E-state index in [0.29, 0.717) is 36.4 Å². The molecule has 15 heavy (non-hydrogen) atoms. The molecule has 0 aliphatic rings. The Labute approximate surface area is 90.8 Å². The first-order chi connectivity index (χ1) is 7.22. The predicted octanol–water partition coefficient (Wildman–Crippen LogP) is 1.82. The molecule has 0 aromatic carbocycles. The highest BCUT2D eigenvalue weighted by Crippen LogP contribution is 2.21. The standard InChI is InChI=1S/C9H13F2NO2S/c10-9(11)15-6-8-2-1-7(14-8)5-12-3-4-13/h1-2,9,12-13H,3-6H2. The van der Waals surface area contributed by atoms with Gasteiger partial charge < -0.3 is 14.8 Å². The summed E-state index contributed by atoms with van der Waals surface area (Å²) < 4.78 is 29.0. The molecular weight excluding hydrogens is 224 g/mol. The van der Waals surface area contributed by atoms with Crippen molar-refractivity contribution in [2.45, 2.75) is 18.1 Å². The van der Waals surface area contributed by atoms with E-state index in [2.05, 4.69) is 5.32 Å². The van der Waals surface area contributed by atoms with Crippen LogP contribution in [0.15, 0.2) is 16.5 Å². The number of hydrogen-bond acceptors (Lipinski definition) is 4. The Bertz CT molecular complexity index is 281. The van der Waals surface area contributed by atoms with Gasteiger partial charge in [-0.15, -0.1) is 0 Å². The Balaban J connectivity index is 2.29. The molecule has 3 nitrogen and oxygen atoms in total. The third kappa shape index (κ3) is 5.15. The van der Waals surface area contributed by atoms with Crippen molar-refractivity contribution in [3.8, 4) is 0 Å². The second-order valence-corrected chi connectivity index (χ2v) is 3.82. The molecule has 1 rings (SSSR count). The molecule has 1 aromatic heterocycles. The Kier molecular flexibility index (Phi) is 5.67. The van der Waals surface area contributed by atoms with Crippen LogP contribution in [-0.4, -0.2) is 24.0 Å². The maximum Gasteiger partial charge on any atom is 0.284 e. The lowest BCUT2D eigenvalue weighted by Gasteiger charge is -1.99. The first-order valence-corrected chi connectivity index (χ1v) is 5.56. The molecule has 1 heterocycles. The van der Waals surface area contributed by atoms with Crippen LogP contribution < -0.4 is 5.32 Å². The predicted molar refractivity (Wildman–Crippen MR) is 54.8 cm³/mol. The lowest BCUT2D eigenvalue weighted by molar-refractivity contribution is 0.251. The van der Waals surface area contributed by atoms with Crippen LogP contribution in [0.3, 0.4) is 0 Å². The van der Waals surface area contributed by atoms with E-state index in [0.717, 1.165) is 0 Å². The van der Waals surface area contributed by atoms with Crippen molar-refractivity contribution in [2.24, 2.45) is 0 Å². The van der Waals surface area contributed by atoms with Crippen molar-refractivity contribution in [3.05, 3.63) is 23.7 Å². The lowest BCUT2D eigenvalue weighted by atomic mass is 10.4. The van der Waals surface area contributed by atoms with E-state index in [9.17, 15) is 8.78 Å². The SMILES string of the molecule is OCCNCc1ccc(CSC(F)F)o1. The van der Waals surface area contributed by atoms with Crippen molar-refractivity contribution in [1.82, 2.24) is 5.32 Å². The molecule has 0 radical (unpaired) electrons. The third-order valence-corrected chi connectivity index (χ3v) is 2.36. The summed E-state index contributed by atoms with van der Waals surface area (Å²) in [6, 6.07) is 3.43. The molecule has 6 heteroatoms. The number of aliphatic hydroxyl groups excluding tert-OH is 1. The highest BCUT2D eigenvalue weighted by molar-refractivity contribution is 7.98. The molecule has 0 atom stereocenters. The van der Waals surface area contributed by atoms with Crippen LogP contribution in [0.4, 0.5) is 8.78 Å². The van der Waals surface area contributed by atoms with Crippen LogP contribution in [-0.2, 0) is 12.3 Å². The van der Waals surface area contributed by atoms with Gasteiger partial charge in [-0.05, 0) is 12.1 Å². The summed E-state index contributed by atoms with van der Waals surface area (Å²) in [5.74, 6) is -0.960. The molecule has 86 valence electrons. The summed E-state index contributed by atoms with van der Waals surface area (Å²) in [5.41, 5.74) is 0. The first-order valence-electron chi connectivity index (χ1n) is 4.51. The number of hydrogen-bond donors (Lipinski definition) is 2. The fourth-order valence-electron chi connectivity index (χ4n) is 1.03. The van der Waals surface area contributed by atoms with Gasteiger partial charge >= 0.3 is 0 Å². The Morgan fingerprint density at radius 3 is 2.80 bits per heavy atom. The molecule has 0 unspecified atom stereocenters. The minimum Gasteiger partial charge on any atom is -0.464 e. The zero-order valence-electron chi connectivity index (χ0n) is 8.08. The average Bonchev–Trinajstić information content (AvgIpc) is 2.63. The van der Waals surface area contributed by atoms with E-state index in [1.165, 1.54) is 0 Å². The highest BCUT2D eigenvalue weighted by Gasteiger charge is 2.06. The second-order valence-electron chi connectivity index (χ2n) is 2.84. The molecule has 0 saturated carbocycles. The molecule has 2 N–H and O–H groups in total. The topological polar surface area (TPSA) is 45.4 Å². The van der Waals surface area contributed by atoms with Crippen LogP contribution >= 0.6 is 11.8 Å². The Morgan fingerprint density at radius 1 is 1.40 bits per heavy atom. The number of furan rings is 1. The van der Waals surface area contributed by atoms with Crippen molar-refractivity contribution >= 4 is 11.8 Å². The second kappa shape index (κ2) is 6.81. The van der Waals surface area contributed by atoms with Gasteiger partial charge in [0.05, 0.1) is 18.9 Å². The van der Waals surface area contributed by atoms with Crippen LogP contribution in [0.2, 0.25) is 0 Å². The maximum atomic E-state index is 11.9. The van der Waals surface area contributed by atoms with Crippen molar-refractivity contribution in [2.75, 3.05) is 13.2 Å². The van der Waals surface area contributed by atoms with Crippen molar-refractivity contribution < 1.29 is 18.3 Å². The first kappa shape index (κ1) is 12.5. The maximum absolute atomic E-state index is 11.9. The molecule has 0 bridgehead atoms. The van der Waals surface area contributed by atoms with Gasteiger partial charge in [-0.25, -0.2) is 0 Å². The van der Waals surface area contributed by atoms with Gasteiger partial charge in [-0.1, -0.05) is 11.8 Å².